The zero-order chi connectivity index (χ0) is 9.42. The Bertz CT molecular complexity index is 373. The minimum Gasteiger partial charge on any atom is -0.376 e. The Balaban J connectivity index is 2.56. The Morgan fingerprint density at radius 1 is 1.46 bits per heavy atom. The van der Waals surface area contributed by atoms with E-state index >= 15 is 0 Å². The molecule has 0 bridgehead atoms. The molecule has 3 heteroatoms. The first-order valence-electron chi connectivity index (χ1n) is 4.03. The highest BCUT2D eigenvalue weighted by Gasteiger charge is 2.11. The summed E-state index contributed by atoms with van der Waals surface area (Å²) in [6, 6.07) is 3.08. The first-order valence-corrected chi connectivity index (χ1v) is 4.82. The summed E-state index contributed by atoms with van der Waals surface area (Å²) in [5.74, 6) is -0.186. The molecule has 0 aromatic heterocycles. The van der Waals surface area contributed by atoms with Gasteiger partial charge in [-0.1, -0.05) is 15.9 Å². The molecule has 13 heavy (non-hydrogen) atoms. The Morgan fingerprint density at radius 3 is 3.00 bits per heavy atom. The molecule has 0 radical (unpaired) electrons. The lowest BCUT2D eigenvalue weighted by molar-refractivity contribution is 0.445. The van der Waals surface area contributed by atoms with Crippen molar-refractivity contribution in [2.24, 2.45) is 0 Å². The van der Waals surface area contributed by atoms with Crippen molar-refractivity contribution >= 4 is 22.0 Å². The molecule has 0 N–H and O–H groups in total. The SMILES string of the molecule is CN1C=Cc2c(Br)cc(F)cc2C1. The maximum absolute atomic E-state index is 13.0. The largest absolute Gasteiger partial charge is 0.376 e. The number of hydrogen-bond acceptors (Lipinski definition) is 1. The van der Waals surface area contributed by atoms with E-state index in [0.717, 1.165) is 22.1 Å². The van der Waals surface area contributed by atoms with Crippen LogP contribution in [0.4, 0.5) is 4.39 Å². The van der Waals surface area contributed by atoms with E-state index in [1.807, 2.05) is 24.2 Å². The molecule has 1 aliphatic heterocycles. The van der Waals surface area contributed by atoms with Crippen LogP contribution >= 0.6 is 15.9 Å². The number of hydrogen-bond donors (Lipinski definition) is 0. The average Bonchev–Trinajstić information content (AvgIpc) is 2.02. The molecule has 1 heterocycles. The lowest BCUT2D eigenvalue weighted by Gasteiger charge is -2.21. The molecular formula is C10H9BrFN. The van der Waals surface area contributed by atoms with Crippen molar-refractivity contribution in [1.29, 1.82) is 0 Å². The van der Waals surface area contributed by atoms with Crippen LogP contribution in [-0.2, 0) is 6.54 Å². The number of rotatable bonds is 0. The maximum Gasteiger partial charge on any atom is 0.124 e. The zero-order valence-electron chi connectivity index (χ0n) is 7.22. The first kappa shape index (κ1) is 8.75. The molecule has 1 nitrogen and oxygen atoms in total. The van der Waals surface area contributed by atoms with Crippen LogP contribution in [0.1, 0.15) is 11.1 Å². The Morgan fingerprint density at radius 2 is 2.23 bits per heavy atom. The highest BCUT2D eigenvalue weighted by atomic mass is 79.9. The van der Waals surface area contributed by atoms with Crippen molar-refractivity contribution in [3.05, 3.63) is 39.7 Å². The van der Waals surface area contributed by atoms with Crippen LogP contribution in [0.2, 0.25) is 0 Å². The van der Waals surface area contributed by atoms with Gasteiger partial charge in [0, 0.05) is 18.1 Å². The van der Waals surface area contributed by atoms with Gasteiger partial charge in [-0.2, -0.15) is 0 Å². The van der Waals surface area contributed by atoms with Crippen LogP contribution in [0, 0.1) is 5.82 Å². The molecule has 0 unspecified atom stereocenters. The van der Waals surface area contributed by atoms with Crippen molar-refractivity contribution in [3.63, 3.8) is 0 Å². The van der Waals surface area contributed by atoms with Gasteiger partial charge in [0.05, 0.1) is 0 Å². The molecule has 68 valence electrons. The third-order valence-corrected chi connectivity index (χ3v) is 2.75. The number of nitrogens with zero attached hydrogens (tertiary/aromatic N) is 1. The standard InChI is InChI=1S/C10H9BrFN/c1-13-3-2-9-7(6-13)4-8(12)5-10(9)11/h2-5H,6H2,1H3. The van der Waals surface area contributed by atoms with E-state index in [0.29, 0.717) is 0 Å². The van der Waals surface area contributed by atoms with Crippen molar-refractivity contribution in [1.82, 2.24) is 4.90 Å². The summed E-state index contributed by atoms with van der Waals surface area (Å²) in [7, 11) is 1.97. The second-order valence-electron chi connectivity index (χ2n) is 3.19. The molecule has 1 aromatic carbocycles. The van der Waals surface area contributed by atoms with Crippen molar-refractivity contribution < 1.29 is 4.39 Å². The van der Waals surface area contributed by atoms with Crippen LogP contribution in [-0.4, -0.2) is 11.9 Å². The molecule has 1 aromatic rings. The zero-order valence-corrected chi connectivity index (χ0v) is 8.81. The number of benzene rings is 1. The minimum absolute atomic E-state index is 0.186. The fourth-order valence-corrected chi connectivity index (χ4v) is 2.08. The normalized spacial score (nSPS) is 14.5. The minimum atomic E-state index is -0.186. The van der Waals surface area contributed by atoms with Gasteiger partial charge < -0.3 is 4.90 Å². The molecule has 0 saturated heterocycles. The summed E-state index contributed by atoms with van der Waals surface area (Å²) >= 11 is 3.34. The van der Waals surface area contributed by atoms with Gasteiger partial charge in [0.25, 0.3) is 0 Å². The smallest absolute Gasteiger partial charge is 0.124 e. The summed E-state index contributed by atoms with van der Waals surface area (Å²) in [6.07, 6.45) is 3.98. The summed E-state index contributed by atoms with van der Waals surface area (Å²) in [5, 5.41) is 0. The van der Waals surface area contributed by atoms with E-state index in [-0.39, 0.29) is 5.82 Å². The maximum atomic E-state index is 13.0. The third kappa shape index (κ3) is 1.61. The van der Waals surface area contributed by atoms with E-state index in [1.54, 1.807) is 6.07 Å². The first-order chi connectivity index (χ1) is 6.16. The molecule has 0 aliphatic carbocycles. The highest BCUT2D eigenvalue weighted by Crippen LogP contribution is 2.27. The molecule has 1 aliphatic rings. The monoisotopic (exact) mass is 241 g/mol. The quantitative estimate of drug-likeness (QED) is 0.675. The van der Waals surface area contributed by atoms with Crippen molar-refractivity contribution in [2.45, 2.75) is 6.54 Å². The third-order valence-electron chi connectivity index (χ3n) is 2.10. The molecular weight excluding hydrogens is 233 g/mol. The van der Waals surface area contributed by atoms with Crippen molar-refractivity contribution in [2.75, 3.05) is 7.05 Å². The van der Waals surface area contributed by atoms with Crippen LogP contribution in [0.3, 0.4) is 0 Å². The number of halogens is 2. The predicted octanol–water partition coefficient (Wildman–Crippen LogP) is 3.00. The van der Waals surface area contributed by atoms with Gasteiger partial charge in [-0.3, -0.25) is 0 Å². The Labute approximate surface area is 85.0 Å². The van der Waals surface area contributed by atoms with Crippen molar-refractivity contribution in [3.8, 4) is 0 Å². The van der Waals surface area contributed by atoms with Crippen LogP contribution < -0.4 is 0 Å². The van der Waals surface area contributed by atoms with E-state index in [9.17, 15) is 4.39 Å². The molecule has 2 rings (SSSR count). The lowest BCUT2D eigenvalue weighted by atomic mass is 10.0. The van der Waals surface area contributed by atoms with E-state index in [1.165, 1.54) is 6.07 Å². The highest BCUT2D eigenvalue weighted by molar-refractivity contribution is 9.10. The molecule has 0 spiro atoms. The van der Waals surface area contributed by atoms with Crippen LogP contribution in [0.25, 0.3) is 6.08 Å². The van der Waals surface area contributed by atoms with E-state index in [4.69, 9.17) is 0 Å². The van der Waals surface area contributed by atoms with Gasteiger partial charge in [0.1, 0.15) is 5.82 Å². The van der Waals surface area contributed by atoms with Gasteiger partial charge >= 0.3 is 0 Å². The molecule has 0 saturated carbocycles. The topological polar surface area (TPSA) is 3.24 Å². The Hall–Kier alpha value is -0.830. The number of fused-ring (bicyclic) bond motifs is 1. The summed E-state index contributed by atoms with van der Waals surface area (Å²) in [5.41, 5.74) is 2.11. The summed E-state index contributed by atoms with van der Waals surface area (Å²) in [6.45, 7) is 0.766. The molecule has 0 amide bonds. The fraction of sp³-hybridized carbons (Fsp3) is 0.200. The molecule has 0 atom stereocenters. The average molecular weight is 242 g/mol. The van der Waals surface area contributed by atoms with Crippen LogP contribution in [0.5, 0.6) is 0 Å². The summed E-state index contributed by atoms with van der Waals surface area (Å²) < 4.78 is 13.8. The predicted molar refractivity (Wildman–Crippen MR) is 54.6 cm³/mol. The lowest BCUT2D eigenvalue weighted by Crippen LogP contribution is -2.14. The summed E-state index contributed by atoms with van der Waals surface area (Å²) in [4.78, 5) is 2.02. The Kier molecular flexibility index (Phi) is 2.12. The van der Waals surface area contributed by atoms with Gasteiger partial charge in [0.15, 0.2) is 0 Å². The van der Waals surface area contributed by atoms with Gasteiger partial charge in [-0.25, -0.2) is 4.39 Å². The van der Waals surface area contributed by atoms with E-state index < -0.39 is 0 Å². The second kappa shape index (κ2) is 3.14. The van der Waals surface area contributed by atoms with Gasteiger partial charge in [-0.15, -0.1) is 0 Å². The van der Waals surface area contributed by atoms with Gasteiger partial charge in [0.2, 0.25) is 0 Å². The van der Waals surface area contributed by atoms with Crippen LogP contribution in [0.15, 0.2) is 22.8 Å². The second-order valence-corrected chi connectivity index (χ2v) is 4.05. The fourth-order valence-electron chi connectivity index (χ4n) is 1.48. The van der Waals surface area contributed by atoms with Gasteiger partial charge in [-0.05, 0) is 35.5 Å². The van der Waals surface area contributed by atoms with E-state index in [2.05, 4.69) is 15.9 Å². The molecule has 0 fully saturated rings.